The summed E-state index contributed by atoms with van der Waals surface area (Å²) in [5, 5.41) is 4.37. The molecule has 1 heterocycles. The molecule has 156 valence electrons. The van der Waals surface area contributed by atoms with Gasteiger partial charge in [0.2, 0.25) is 0 Å². The number of carbonyl (C=O) groups is 1. The first-order valence-corrected chi connectivity index (χ1v) is 11.2. The standard InChI is InChI=1S/C20H14Br3ClN2O4/c1-28-18-4-2-11(6-16(18)24)17-5-3-13(30-17)9-25-26-19(27)10-29-20-14(22)7-12(21)8-15(20)23/h2-9H,10H2,1H3,(H,26,27)/b25-9+. The van der Waals surface area contributed by atoms with Gasteiger partial charge in [0, 0.05) is 10.0 Å². The highest BCUT2D eigenvalue weighted by molar-refractivity contribution is 9.11. The van der Waals surface area contributed by atoms with Crippen LogP contribution in [-0.2, 0) is 4.79 Å². The number of nitrogens with zero attached hydrogens (tertiary/aromatic N) is 1. The zero-order valence-electron chi connectivity index (χ0n) is 15.4. The Bertz CT molecular complexity index is 1080. The third-order valence-corrected chi connectivity index (χ3v) is 5.69. The van der Waals surface area contributed by atoms with Crippen LogP contribution in [0.5, 0.6) is 11.5 Å². The van der Waals surface area contributed by atoms with Crippen molar-refractivity contribution in [1.29, 1.82) is 0 Å². The molecule has 0 bridgehead atoms. The van der Waals surface area contributed by atoms with Gasteiger partial charge in [0.25, 0.3) is 5.91 Å². The van der Waals surface area contributed by atoms with E-state index in [9.17, 15) is 4.79 Å². The van der Waals surface area contributed by atoms with E-state index in [1.54, 1.807) is 31.4 Å². The number of furan rings is 1. The number of hydrogen-bond donors (Lipinski definition) is 1. The normalized spacial score (nSPS) is 11.0. The molecular weight excluding hydrogens is 607 g/mol. The summed E-state index contributed by atoms with van der Waals surface area (Å²) in [5.41, 5.74) is 3.19. The zero-order valence-corrected chi connectivity index (χ0v) is 20.9. The molecule has 0 aliphatic rings. The lowest BCUT2D eigenvalue weighted by molar-refractivity contribution is -0.123. The van der Waals surface area contributed by atoms with E-state index in [1.165, 1.54) is 6.21 Å². The fraction of sp³-hybridized carbons (Fsp3) is 0.100. The van der Waals surface area contributed by atoms with Crippen molar-refractivity contribution < 1.29 is 18.7 Å². The second-order valence-corrected chi connectivity index (χ2v) is 8.86. The van der Waals surface area contributed by atoms with Crippen LogP contribution in [0.15, 0.2) is 65.4 Å². The van der Waals surface area contributed by atoms with Crippen LogP contribution in [0.1, 0.15) is 5.76 Å². The molecule has 3 aromatic rings. The van der Waals surface area contributed by atoms with Crippen LogP contribution in [0, 0.1) is 0 Å². The minimum Gasteiger partial charge on any atom is -0.495 e. The quantitative estimate of drug-likeness (QED) is 0.244. The second-order valence-electron chi connectivity index (χ2n) is 5.83. The van der Waals surface area contributed by atoms with E-state index in [1.807, 2.05) is 18.2 Å². The summed E-state index contributed by atoms with van der Waals surface area (Å²) in [4.78, 5) is 12.0. The maximum Gasteiger partial charge on any atom is 0.277 e. The first-order chi connectivity index (χ1) is 14.4. The van der Waals surface area contributed by atoms with Gasteiger partial charge in [0.1, 0.15) is 23.0 Å². The molecule has 2 aromatic carbocycles. The van der Waals surface area contributed by atoms with Gasteiger partial charge >= 0.3 is 0 Å². The largest absolute Gasteiger partial charge is 0.495 e. The maximum absolute atomic E-state index is 12.0. The Kier molecular flexibility index (Phi) is 7.99. The number of nitrogens with one attached hydrogen (secondary N) is 1. The van der Waals surface area contributed by atoms with Crippen LogP contribution in [-0.4, -0.2) is 25.8 Å². The van der Waals surface area contributed by atoms with E-state index in [0.717, 1.165) is 10.0 Å². The molecular formula is C20H14Br3ClN2O4. The third-order valence-electron chi connectivity index (χ3n) is 3.75. The topological polar surface area (TPSA) is 73.1 Å². The minimum absolute atomic E-state index is 0.204. The third kappa shape index (κ3) is 5.87. The summed E-state index contributed by atoms with van der Waals surface area (Å²) in [5.74, 6) is 1.77. The van der Waals surface area contributed by atoms with Gasteiger partial charge in [0.05, 0.1) is 27.3 Å². The highest BCUT2D eigenvalue weighted by atomic mass is 79.9. The number of methoxy groups -OCH3 is 1. The molecule has 0 aliphatic carbocycles. The van der Waals surface area contributed by atoms with E-state index in [2.05, 4.69) is 58.3 Å². The van der Waals surface area contributed by atoms with E-state index in [-0.39, 0.29) is 6.61 Å². The van der Waals surface area contributed by atoms with Crippen molar-refractivity contribution in [3.63, 3.8) is 0 Å². The predicted octanol–water partition coefficient (Wildman–Crippen LogP) is 6.43. The van der Waals surface area contributed by atoms with Crippen molar-refractivity contribution in [2.24, 2.45) is 5.10 Å². The molecule has 0 radical (unpaired) electrons. The molecule has 30 heavy (non-hydrogen) atoms. The number of amides is 1. The molecule has 0 fully saturated rings. The molecule has 1 N–H and O–H groups in total. The predicted molar refractivity (Wildman–Crippen MR) is 126 cm³/mol. The molecule has 0 unspecified atom stereocenters. The van der Waals surface area contributed by atoms with Crippen molar-refractivity contribution in [2.45, 2.75) is 0 Å². The fourth-order valence-electron chi connectivity index (χ4n) is 2.40. The lowest BCUT2D eigenvalue weighted by Gasteiger charge is -2.09. The summed E-state index contributed by atoms with van der Waals surface area (Å²) in [6, 6.07) is 12.5. The Balaban J connectivity index is 1.56. The van der Waals surface area contributed by atoms with Gasteiger partial charge in [0.15, 0.2) is 6.61 Å². The van der Waals surface area contributed by atoms with Gasteiger partial charge in [-0.25, -0.2) is 5.43 Å². The van der Waals surface area contributed by atoms with E-state index in [4.69, 9.17) is 25.5 Å². The van der Waals surface area contributed by atoms with Gasteiger partial charge in [-0.05, 0) is 74.3 Å². The highest BCUT2D eigenvalue weighted by Crippen LogP contribution is 2.36. The fourth-order valence-corrected chi connectivity index (χ4v) is 5.15. The first kappa shape index (κ1) is 22.9. The maximum atomic E-state index is 12.0. The monoisotopic (exact) mass is 618 g/mol. The summed E-state index contributed by atoms with van der Waals surface area (Å²) >= 11 is 16.3. The average molecular weight is 622 g/mol. The number of halogens is 4. The van der Waals surface area contributed by atoms with Crippen LogP contribution in [0.2, 0.25) is 5.02 Å². The minimum atomic E-state index is -0.415. The number of rotatable bonds is 7. The average Bonchev–Trinajstić information content (AvgIpc) is 3.16. The van der Waals surface area contributed by atoms with Crippen molar-refractivity contribution in [1.82, 2.24) is 5.43 Å². The van der Waals surface area contributed by atoms with Crippen molar-refractivity contribution in [2.75, 3.05) is 13.7 Å². The number of hydrogen-bond acceptors (Lipinski definition) is 5. The number of hydrazone groups is 1. The van der Waals surface area contributed by atoms with Crippen LogP contribution < -0.4 is 14.9 Å². The molecule has 3 rings (SSSR count). The van der Waals surface area contributed by atoms with E-state index in [0.29, 0.717) is 37.0 Å². The van der Waals surface area contributed by atoms with E-state index >= 15 is 0 Å². The number of ether oxygens (including phenoxy) is 2. The summed E-state index contributed by atoms with van der Waals surface area (Å²) in [6.07, 6.45) is 1.40. The van der Waals surface area contributed by atoms with Gasteiger partial charge in [-0.3, -0.25) is 4.79 Å². The molecule has 1 amide bonds. The highest BCUT2D eigenvalue weighted by Gasteiger charge is 2.11. The van der Waals surface area contributed by atoms with Crippen LogP contribution in [0.25, 0.3) is 11.3 Å². The van der Waals surface area contributed by atoms with Gasteiger partial charge in [-0.1, -0.05) is 27.5 Å². The Morgan fingerprint density at radius 2 is 1.90 bits per heavy atom. The van der Waals surface area contributed by atoms with Crippen LogP contribution in [0.3, 0.4) is 0 Å². The second kappa shape index (κ2) is 10.5. The summed E-state index contributed by atoms with van der Waals surface area (Å²) in [7, 11) is 1.55. The molecule has 1 aromatic heterocycles. The summed E-state index contributed by atoms with van der Waals surface area (Å²) in [6.45, 7) is -0.204. The SMILES string of the molecule is COc1ccc(-c2ccc(/C=N/NC(=O)COc3c(Br)cc(Br)cc3Br)o2)cc1Cl. The van der Waals surface area contributed by atoms with Crippen LogP contribution in [0.4, 0.5) is 0 Å². The van der Waals surface area contributed by atoms with Crippen molar-refractivity contribution in [3.8, 4) is 22.8 Å². The lowest BCUT2D eigenvalue weighted by atomic mass is 10.2. The molecule has 0 spiro atoms. The Labute approximate surface area is 203 Å². The smallest absolute Gasteiger partial charge is 0.277 e. The van der Waals surface area contributed by atoms with Crippen LogP contribution >= 0.6 is 59.4 Å². The van der Waals surface area contributed by atoms with Crippen molar-refractivity contribution in [3.05, 3.63) is 66.7 Å². The van der Waals surface area contributed by atoms with Crippen molar-refractivity contribution >= 4 is 71.5 Å². The molecule has 0 saturated heterocycles. The molecule has 0 atom stereocenters. The Morgan fingerprint density at radius 1 is 1.17 bits per heavy atom. The number of carbonyl (C=O) groups excluding carboxylic acids is 1. The lowest BCUT2D eigenvalue weighted by Crippen LogP contribution is -2.24. The zero-order chi connectivity index (χ0) is 21.7. The van der Waals surface area contributed by atoms with E-state index < -0.39 is 5.91 Å². The first-order valence-electron chi connectivity index (χ1n) is 8.40. The molecule has 6 nitrogen and oxygen atoms in total. The summed E-state index contributed by atoms with van der Waals surface area (Å²) < 4.78 is 18.7. The molecule has 0 saturated carbocycles. The Hall–Kier alpha value is -1.81. The molecule has 0 aliphatic heterocycles. The van der Waals surface area contributed by atoms with Gasteiger partial charge in [-0.2, -0.15) is 5.10 Å². The number of benzene rings is 2. The van der Waals surface area contributed by atoms with Gasteiger partial charge in [-0.15, -0.1) is 0 Å². The van der Waals surface area contributed by atoms with Gasteiger partial charge < -0.3 is 13.9 Å². The molecule has 10 heteroatoms. The Morgan fingerprint density at radius 3 is 2.57 bits per heavy atom.